The van der Waals surface area contributed by atoms with Crippen molar-refractivity contribution < 1.29 is 4.74 Å². The van der Waals surface area contributed by atoms with Crippen LogP contribution in [0.5, 0.6) is 0 Å². The van der Waals surface area contributed by atoms with Gasteiger partial charge in [0.15, 0.2) is 5.82 Å². The molecule has 2 heterocycles. The van der Waals surface area contributed by atoms with Gasteiger partial charge in [0.2, 0.25) is 0 Å². The van der Waals surface area contributed by atoms with Crippen LogP contribution in [0.1, 0.15) is 0 Å². The second kappa shape index (κ2) is 6.26. The third kappa shape index (κ3) is 2.73. The van der Waals surface area contributed by atoms with E-state index in [4.69, 9.17) is 4.74 Å². The van der Waals surface area contributed by atoms with E-state index in [1.165, 1.54) is 11.1 Å². The molecule has 1 aliphatic rings. The lowest BCUT2D eigenvalue weighted by Crippen LogP contribution is -2.36. The van der Waals surface area contributed by atoms with E-state index in [-0.39, 0.29) is 0 Å². The average Bonchev–Trinajstić information content (AvgIpc) is 3.09. The first-order valence-corrected chi connectivity index (χ1v) is 7.95. The number of aromatic nitrogens is 2. The lowest BCUT2D eigenvalue weighted by Gasteiger charge is -2.27. The molecule has 0 saturated carbocycles. The molecule has 116 valence electrons. The van der Waals surface area contributed by atoms with Gasteiger partial charge in [-0.25, -0.2) is 0 Å². The Morgan fingerprint density at radius 3 is 2.09 bits per heavy atom. The molecule has 2 aromatic carbocycles. The second-order valence-electron chi connectivity index (χ2n) is 5.63. The van der Waals surface area contributed by atoms with Gasteiger partial charge in [-0.1, -0.05) is 60.7 Å². The predicted octanol–water partition coefficient (Wildman–Crippen LogP) is 3.58. The van der Waals surface area contributed by atoms with E-state index in [1.54, 1.807) is 0 Å². The monoisotopic (exact) mass is 305 g/mol. The van der Waals surface area contributed by atoms with Crippen molar-refractivity contribution in [2.24, 2.45) is 0 Å². The van der Waals surface area contributed by atoms with E-state index >= 15 is 0 Å². The summed E-state index contributed by atoms with van der Waals surface area (Å²) in [6, 6.07) is 20.8. The molecule has 1 aliphatic heterocycles. The minimum Gasteiger partial charge on any atom is -0.378 e. The molecule has 23 heavy (non-hydrogen) atoms. The molecule has 0 spiro atoms. The Morgan fingerprint density at radius 2 is 1.43 bits per heavy atom. The van der Waals surface area contributed by atoms with Gasteiger partial charge >= 0.3 is 0 Å². The van der Waals surface area contributed by atoms with Crippen LogP contribution in [0.4, 0.5) is 5.82 Å². The van der Waals surface area contributed by atoms with Gasteiger partial charge in [-0.15, -0.1) is 0 Å². The molecular weight excluding hydrogens is 286 g/mol. The van der Waals surface area contributed by atoms with Gasteiger partial charge in [0.1, 0.15) is 0 Å². The van der Waals surface area contributed by atoms with Crippen LogP contribution in [-0.2, 0) is 4.74 Å². The van der Waals surface area contributed by atoms with Crippen molar-refractivity contribution in [3.8, 4) is 22.4 Å². The van der Waals surface area contributed by atoms with Gasteiger partial charge in [-0.2, -0.15) is 5.10 Å². The summed E-state index contributed by atoms with van der Waals surface area (Å²) >= 11 is 0. The van der Waals surface area contributed by atoms with Gasteiger partial charge in [-0.3, -0.25) is 5.10 Å². The zero-order valence-electron chi connectivity index (χ0n) is 12.9. The van der Waals surface area contributed by atoms with Crippen LogP contribution in [0.3, 0.4) is 0 Å². The number of benzene rings is 2. The average molecular weight is 305 g/mol. The minimum absolute atomic E-state index is 0.752. The van der Waals surface area contributed by atoms with E-state index in [0.29, 0.717) is 0 Å². The normalized spacial score (nSPS) is 14.9. The molecule has 1 fully saturated rings. The molecule has 1 saturated heterocycles. The smallest absolute Gasteiger partial charge is 0.159 e. The van der Waals surface area contributed by atoms with Crippen LogP contribution in [0, 0.1) is 0 Å². The van der Waals surface area contributed by atoms with Crippen molar-refractivity contribution in [1.82, 2.24) is 10.2 Å². The molecule has 0 bridgehead atoms. The van der Waals surface area contributed by atoms with Crippen molar-refractivity contribution in [1.29, 1.82) is 0 Å². The van der Waals surface area contributed by atoms with E-state index in [1.807, 2.05) is 12.1 Å². The third-order valence-electron chi connectivity index (χ3n) is 4.18. The highest BCUT2D eigenvalue weighted by Gasteiger charge is 2.22. The number of ether oxygens (including phenoxy) is 1. The van der Waals surface area contributed by atoms with Crippen molar-refractivity contribution in [2.75, 3.05) is 31.2 Å². The Labute approximate surface area is 135 Å². The zero-order valence-corrected chi connectivity index (χ0v) is 12.9. The Morgan fingerprint density at radius 1 is 0.826 bits per heavy atom. The largest absolute Gasteiger partial charge is 0.378 e. The number of anilines is 1. The number of rotatable bonds is 3. The summed E-state index contributed by atoms with van der Waals surface area (Å²) in [6.45, 7) is 3.25. The molecule has 4 heteroatoms. The summed E-state index contributed by atoms with van der Waals surface area (Å²) in [6.07, 6.45) is 0. The summed E-state index contributed by atoms with van der Waals surface area (Å²) in [5.41, 5.74) is 4.57. The summed E-state index contributed by atoms with van der Waals surface area (Å²) in [4.78, 5) is 2.30. The molecule has 1 aromatic heterocycles. The van der Waals surface area contributed by atoms with Crippen LogP contribution < -0.4 is 4.90 Å². The van der Waals surface area contributed by atoms with Crippen molar-refractivity contribution >= 4 is 5.82 Å². The van der Waals surface area contributed by atoms with Gasteiger partial charge in [0, 0.05) is 18.7 Å². The maximum atomic E-state index is 5.48. The summed E-state index contributed by atoms with van der Waals surface area (Å²) in [5.74, 6) is 1.01. The van der Waals surface area contributed by atoms with Gasteiger partial charge in [0.25, 0.3) is 0 Å². The van der Waals surface area contributed by atoms with Crippen LogP contribution in [0.25, 0.3) is 22.4 Å². The molecule has 0 unspecified atom stereocenters. The van der Waals surface area contributed by atoms with E-state index in [0.717, 1.165) is 43.4 Å². The number of hydrogen-bond donors (Lipinski definition) is 1. The zero-order chi connectivity index (χ0) is 15.5. The van der Waals surface area contributed by atoms with Gasteiger partial charge < -0.3 is 9.64 Å². The number of morpholine rings is 1. The second-order valence-corrected chi connectivity index (χ2v) is 5.63. The number of nitrogens with zero attached hydrogens (tertiary/aromatic N) is 2. The fraction of sp³-hybridized carbons (Fsp3) is 0.211. The van der Waals surface area contributed by atoms with Crippen LogP contribution >= 0.6 is 0 Å². The van der Waals surface area contributed by atoms with Crippen LogP contribution in [-0.4, -0.2) is 36.5 Å². The topological polar surface area (TPSA) is 41.2 Å². The van der Waals surface area contributed by atoms with Crippen molar-refractivity contribution in [3.63, 3.8) is 0 Å². The van der Waals surface area contributed by atoms with E-state index in [9.17, 15) is 0 Å². The van der Waals surface area contributed by atoms with Gasteiger partial charge in [0.05, 0.1) is 24.5 Å². The summed E-state index contributed by atoms with van der Waals surface area (Å²) in [7, 11) is 0. The number of H-pyrrole nitrogens is 1. The Kier molecular flexibility index (Phi) is 3.82. The molecule has 0 amide bonds. The molecule has 0 radical (unpaired) electrons. The van der Waals surface area contributed by atoms with E-state index < -0.39 is 0 Å². The number of aromatic amines is 1. The fourth-order valence-corrected chi connectivity index (χ4v) is 3.03. The highest BCUT2D eigenvalue weighted by atomic mass is 16.5. The maximum Gasteiger partial charge on any atom is 0.159 e. The Hall–Kier alpha value is -2.59. The lowest BCUT2D eigenvalue weighted by molar-refractivity contribution is 0.122. The summed E-state index contributed by atoms with van der Waals surface area (Å²) < 4.78 is 5.48. The SMILES string of the molecule is c1ccc(-c2[nH]nc(N3CCOCC3)c2-c2ccccc2)cc1. The molecule has 0 aliphatic carbocycles. The standard InChI is InChI=1S/C19H19N3O/c1-3-7-15(8-4-1)17-18(16-9-5-2-6-10-16)20-21-19(17)22-11-13-23-14-12-22/h1-10H,11-14H2,(H,20,21). The fourth-order valence-electron chi connectivity index (χ4n) is 3.03. The van der Waals surface area contributed by atoms with Crippen molar-refractivity contribution in [2.45, 2.75) is 0 Å². The maximum absolute atomic E-state index is 5.48. The summed E-state index contributed by atoms with van der Waals surface area (Å²) in [5, 5.41) is 7.89. The first kappa shape index (κ1) is 14.0. The number of nitrogens with one attached hydrogen (secondary N) is 1. The van der Waals surface area contributed by atoms with Gasteiger partial charge in [-0.05, 0) is 5.56 Å². The highest BCUT2D eigenvalue weighted by molar-refractivity contribution is 5.89. The lowest BCUT2D eigenvalue weighted by atomic mass is 10.0. The number of hydrogen-bond acceptors (Lipinski definition) is 3. The van der Waals surface area contributed by atoms with Crippen LogP contribution in [0.2, 0.25) is 0 Å². The minimum atomic E-state index is 0.752. The molecule has 0 atom stereocenters. The first-order valence-electron chi connectivity index (χ1n) is 7.95. The molecule has 3 aromatic rings. The third-order valence-corrected chi connectivity index (χ3v) is 4.18. The Balaban J connectivity index is 1.85. The molecule has 4 nitrogen and oxygen atoms in total. The molecule has 1 N–H and O–H groups in total. The van der Waals surface area contributed by atoms with Crippen LogP contribution in [0.15, 0.2) is 60.7 Å². The predicted molar refractivity (Wildman–Crippen MR) is 92.5 cm³/mol. The quantitative estimate of drug-likeness (QED) is 0.804. The van der Waals surface area contributed by atoms with E-state index in [2.05, 4.69) is 63.6 Å². The van der Waals surface area contributed by atoms with Crippen molar-refractivity contribution in [3.05, 3.63) is 60.7 Å². The first-order chi connectivity index (χ1) is 11.4. The molecular formula is C19H19N3O. The highest BCUT2D eigenvalue weighted by Crippen LogP contribution is 2.37. The Bertz CT molecular complexity index is 762. The molecule has 4 rings (SSSR count).